The van der Waals surface area contributed by atoms with Crippen LogP contribution in [-0.2, 0) is 20.7 Å². The predicted octanol–water partition coefficient (Wildman–Crippen LogP) is 3.66. The fraction of sp³-hybridized carbons (Fsp3) is 0.286. The first-order valence-corrected chi connectivity index (χ1v) is 9.25. The van der Waals surface area contributed by atoms with Gasteiger partial charge in [-0.2, -0.15) is 0 Å². The minimum Gasteiger partial charge on any atom is -0.492 e. The quantitative estimate of drug-likeness (QED) is 0.610. The number of anilines is 1. The van der Waals surface area contributed by atoms with Crippen LogP contribution in [0.2, 0.25) is 5.02 Å². The number of benzene rings is 2. The van der Waals surface area contributed by atoms with Crippen molar-refractivity contribution in [3.8, 4) is 5.75 Å². The van der Waals surface area contributed by atoms with Crippen LogP contribution < -0.4 is 10.1 Å². The molecule has 0 bridgehead atoms. The topological polar surface area (TPSA) is 81.7 Å². The second-order valence-corrected chi connectivity index (χ2v) is 7.07. The summed E-state index contributed by atoms with van der Waals surface area (Å²) in [5, 5.41) is 3.20. The molecule has 0 spiro atoms. The lowest BCUT2D eigenvalue weighted by Gasteiger charge is -2.25. The highest BCUT2D eigenvalue weighted by atomic mass is 35.5. The Labute approximate surface area is 167 Å². The molecular weight excluding hydrogens is 382 g/mol. The van der Waals surface area contributed by atoms with Gasteiger partial charge in [-0.15, -0.1) is 0 Å². The minimum absolute atomic E-state index is 0.169. The molecule has 0 aromatic heterocycles. The molecule has 2 unspecified atom stereocenters. The summed E-state index contributed by atoms with van der Waals surface area (Å²) >= 11 is 5.99. The highest BCUT2D eigenvalue weighted by Gasteiger charge is 2.30. The summed E-state index contributed by atoms with van der Waals surface area (Å²) in [4.78, 5) is 36.5. The van der Waals surface area contributed by atoms with Gasteiger partial charge < -0.3 is 14.8 Å². The summed E-state index contributed by atoms with van der Waals surface area (Å²) in [7, 11) is 0. The molecule has 146 valence electrons. The van der Waals surface area contributed by atoms with E-state index in [1.165, 1.54) is 13.8 Å². The van der Waals surface area contributed by atoms with Gasteiger partial charge >= 0.3 is 5.97 Å². The largest absolute Gasteiger partial charge is 0.492 e. The van der Waals surface area contributed by atoms with Crippen molar-refractivity contribution >= 4 is 34.9 Å². The van der Waals surface area contributed by atoms with E-state index >= 15 is 0 Å². The van der Waals surface area contributed by atoms with Gasteiger partial charge in [0.25, 0.3) is 5.91 Å². The average molecular weight is 402 g/mol. The van der Waals surface area contributed by atoms with E-state index in [0.29, 0.717) is 28.4 Å². The number of para-hydroxylation sites is 1. The van der Waals surface area contributed by atoms with E-state index < -0.39 is 23.9 Å². The standard InChI is InChI=1S/C21H20ClNO5/c1-12(24)17-5-3-4-6-18(17)23-20(25)13(2)28-21(26)15-9-14-10-16(22)7-8-19(14)27-11-15/h3-8,10,13,15H,9,11H2,1-2H3,(H,23,25). The number of ketones is 1. The van der Waals surface area contributed by atoms with Crippen molar-refractivity contribution in [2.75, 3.05) is 11.9 Å². The summed E-state index contributed by atoms with van der Waals surface area (Å²) in [5.41, 5.74) is 1.60. The molecule has 3 rings (SSSR count). The number of esters is 1. The molecule has 1 heterocycles. The molecule has 7 heteroatoms. The predicted molar refractivity (Wildman–Crippen MR) is 105 cm³/mol. The Morgan fingerprint density at radius 1 is 1.21 bits per heavy atom. The van der Waals surface area contributed by atoms with Gasteiger partial charge in [-0.1, -0.05) is 23.7 Å². The lowest BCUT2D eigenvalue weighted by molar-refractivity contribution is -0.158. The molecule has 2 aromatic rings. The summed E-state index contributed by atoms with van der Waals surface area (Å²) in [5.74, 6) is -1.03. The number of carbonyl (C=O) groups excluding carboxylic acids is 3. The molecule has 0 radical (unpaired) electrons. The Morgan fingerprint density at radius 3 is 2.71 bits per heavy atom. The molecule has 6 nitrogen and oxygen atoms in total. The number of Topliss-reactive ketones (excluding diaryl/α,β-unsaturated/α-hetero) is 1. The molecule has 0 saturated heterocycles. The lowest BCUT2D eigenvalue weighted by Crippen LogP contribution is -2.36. The Bertz CT molecular complexity index is 927. The maximum absolute atomic E-state index is 12.5. The van der Waals surface area contributed by atoms with E-state index in [4.69, 9.17) is 21.1 Å². The molecule has 28 heavy (non-hydrogen) atoms. The molecule has 2 aromatic carbocycles. The molecule has 1 N–H and O–H groups in total. The molecule has 1 amide bonds. The van der Waals surface area contributed by atoms with Gasteiger partial charge in [-0.25, -0.2) is 0 Å². The second-order valence-electron chi connectivity index (χ2n) is 6.63. The third-order valence-corrected chi connectivity index (χ3v) is 4.72. The van der Waals surface area contributed by atoms with E-state index in [1.54, 1.807) is 42.5 Å². The smallest absolute Gasteiger partial charge is 0.313 e. The molecule has 2 atom stereocenters. The van der Waals surface area contributed by atoms with Gasteiger partial charge in [-0.05, 0) is 56.2 Å². The van der Waals surface area contributed by atoms with E-state index in [9.17, 15) is 14.4 Å². The van der Waals surface area contributed by atoms with Crippen LogP contribution in [0.15, 0.2) is 42.5 Å². The number of ether oxygens (including phenoxy) is 2. The zero-order chi connectivity index (χ0) is 20.3. The lowest BCUT2D eigenvalue weighted by atomic mass is 9.97. The molecule has 0 saturated carbocycles. The molecule has 1 aliphatic heterocycles. The summed E-state index contributed by atoms with van der Waals surface area (Å²) in [6.45, 7) is 3.08. The Morgan fingerprint density at radius 2 is 1.96 bits per heavy atom. The molecule has 0 aliphatic carbocycles. The van der Waals surface area contributed by atoms with Crippen molar-refractivity contribution in [2.45, 2.75) is 26.4 Å². The number of fused-ring (bicyclic) bond motifs is 1. The van der Waals surface area contributed by atoms with E-state index in [-0.39, 0.29) is 12.4 Å². The number of amides is 1. The maximum Gasteiger partial charge on any atom is 0.313 e. The highest BCUT2D eigenvalue weighted by molar-refractivity contribution is 6.30. The van der Waals surface area contributed by atoms with Gasteiger partial charge in [0.15, 0.2) is 11.9 Å². The average Bonchev–Trinajstić information content (AvgIpc) is 2.67. The Balaban J connectivity index is 1.61. The number of halogens is 1. The highest BCUT2D eigenvalue weighted by Crippen LogP contribution is 2.30. The zero-order valence-corrected chi connectivity index (χ0v) is 16.3. The first-order valence-electron chi connectivity index (χ1n) is 8.87. The van der Waals surface area contributed by atoms with Crippen molar-refractivity contribution < 1.29 is 23.9 Å². The van der Waals surface area contributed by atoms with Crippen molar-refractivity contribution in [1.82, 2.24) is 0 Å². The molecule has 0 fully saturated rings. The molecular formula is C21H20ClNO5. The van der Waals surface area contributed by atoms with E-state index in [1.807, 2.05) is 0 Å². The molecule has 1 aliphatic rings. The van der Waals surface area contributed by atoms with Crippen LogP contribution in [0.25, 0.3) is 0 Å². The zero-order valence-electron chi connectivity index (χ0n) is 15.5. The summed E-state index contributed by atoms with van der Waals surface area (Å²) < 4.78 is 10.9. The van der Waals surface area contributed by atoms with Crippen LogP contribution in [0.5, 0.6) is 5.75 Å². The number of hydrogen-bond donors (Lipinski definition) is 1. The van der Waals surface area contributed by atoms with Gasteiger partial charge in [0.2, 0.25) is 0 Å². The second kappa shape index (κ2) is 8.44. The normalized spacial score (nSPS) is 16.3. The first-order chi connectivity index (χ1) is 13.3. The van der Waals surface area contributed by atoms with Gasteiger partial charge in [-0.3, -0.25) is 14.4 Å². The van der Waals surface area contributed by atoms with Crippen molar-refractivity contribution in [2.24, 2.45) is 5.92 Å². The number of carbonyl (C=O) groups is 3. The van der Waals surface area contributed by atoms with Gasteiger partial charge in [0.1, 0.15) is 12.4 Å². The van der Waals surface area contributed by atoms with E-state index in [2.05, 4.69) is 5.32 Å². The Hall–Kier alpha value is -2.86. The van der Waals surface area contributed by atoms with Crippen LogP contribution in [0.4, 0.5) is 5.69 Å². The Kier molecular flexibility index (Phi) is 5.99. The third kappa shape index (κ3) is 4.51. The summed E-state index contributed by atoms with van der Waals surface area (Å²) in [6, 6.07) is 11.9. The van der Waals surface area contributed by atoms with Crippen LogP contribution in [0.1, 0.15) is 29.8 Å². The number of nitrogens with one attached hydrogen (secondary N) is 1. The van der Waals surface area contributed by atoms with Crippen molar-refractivity contribution in [1.29, 1.82) is 0 Å². The van der Waals surface area contributed by atoms with Gasteiger partial charge in [0.05, 0.1) is 11.6 Å². The summed E-state index contributed by atoms with van der Waals surface area (Å²) in [6.07, 6.45) is -0.593. The fourth-order valence-corrected chi connectivity index (χ4v) is 3.17. The van der Waals surface area contributed by atoms with E-state index in [0.717, 1.165) is 5.56 Å². The van der Waals surface area contributed by atoms with Crippen LogP contribution in [-0.4, -0.2) is 30.4 Å². The van der Waals surface area contributed by atoms with Gasteiger partial charge in [0, 0.05) is 10.6 Å². The van der Waals surface area contributed by atoms with Crippen LogP contribution in [0.3, 0.4) is 0 Å². The SMILES string of the molecule is CC(=O)c1ccccc1NC(=O)C(C)OC(=O)C1COc2ccc(Cl)cc2C1. The fourth-order valence-electron chi connectivity index (χ4n) is 2.97. The monoisotopic (exact) mass is 401 g/mol. The van der Waals surface area contributed by atoms with Crippen molar-refractivity contribution in [3.63, 3.8) is 0 Å². The van der Waals surface area contributed by atoms with Crippen LogP contribution in [0, 0.1) is 5.92 Å². The minimum atomic E-state index is -1.02. The first kappa shape index (κ1) is 19.9. The number of rotatable bonds is 5. The van der Waals surface area contributed by atoms with Crippen molar-refractivity contribution in [3.05, 3.63) is 58.6 Å². The van der Waals surface area contributed by atoms with Crippen LogP contribution >= 0.6 is 11.6 Å². The third-order valence-electron chi connectivity index (χ3n) is 4.49. The maximum atomic E-state index is 12.5. The number of hydrogen-bond acceptors (Lipinski definition) is 5.